The van der Waals surface area contributed by atoms with Crippen molar-refractivity contribution in [3.05, 3.63) is 77.1 Å². The summed E-state index contributed by atoms with van der Waals surface area (Å²) in [5.41, 5.74) is 2.11. The summed E-state index contributed by atoms with van der Waals surface area (Å²) in [4.78, 5) is 12.5. The first-order valence-electron chi connectivity index (χ1n) is 9.18. The fourth-order valence-corrected chi connectivity index (χ4v) is 4.00. The van der Waals surface area contributed by atoms with Crippen molar-refractivity contribution >= 4 is 16.0 Å². The molecule has 8 nitrogen and oxygen atoms in total. The van der Waals surface area contributed by atoms with Gasteiger partial charge in [0.05, 0.1) is 27.5 Å². The first-order valence-corrected chi connectivity index (χ1v) is 10.7. The predicted molar refractivity (Wildman–Crippen MR) is 109 cm³/mol. The zero-order valence-electron chi connectivity index (χ0n) is 16.5. The van der Waals surface area contributed by atoms with Crippen LogP contribution in [-0.2, 0) is 21.4 Å². The monoisotopic (exact) mass is 424 g/mol. The summed E-state index contributed by atoms with van der Waals surface area (Å²) in [5, 5.41) is 13.9. The van der Waals surface area contributed by atoms with Crippen LogP contribution in [0.3, 0.4) is 0 Å². The maximum Gasteiger partial charge on any atom is 0.338 e. The van der Waals surface area contributed by atoms with E-state index >= 15 is 0 Å². The minimum absolute atomic E-state index is 0.0262. The molecular formula is C21H20N4O4S. The number of esters is 1. The van der Waals surface area contributed by atoms with E-state index in [2.05, 4.69) is 15.9 Å². The van der Waals surface area contributed by atoms with Crippen LogP contribution in [0.5, 0.6) is 0 Å². The predicted octanol–water partition coefficient (Wildman–Crippen LogP) is 2.71. The third kappa shape index (κ3) is 4.40. The molecule has 0 amide bonds. The quantitative estimate of drug-likeness (QED) is 0.583. The molecule has 3 rings (SSSR count). The summed E-state index contributed by atoms with van der Waals surface area (Å²) in [7, 11) is -3.70. The van der Waals surface area contributed by atoms with Crippen LogP contribution in [-0.4, -0.2) is 30.7 Å². The van der Waals surface area contributed by atoms with Gasteiger partial charge < -0.3 is 4.74 Å². The fraction of sp³-hybridized carbons (Fsp3) is 0.190. The van der Waals surface area contributed by atoms with E-state index in [4.69, 9.17) is 4.74 Å². The van der Waals surface area contributed by atoms with Crippen LogP contribution in [0.15, 0.2) is 59.5 Å². The zero-order chi connectivity index (χ0) is 21.7. The molecule has 0 radical (unpaired) electrons. The number of carbonyl (C=O) groups excluding carboxylic acids is 1. The lowest BCUT2D eigenvalue weighted by atomic mass is 10.2. The summed E-state index contributed by atoms with van der Waals surface area (Å²) in [6, 6.07) is 16.9. The Bertz CT molecular complexity index is 1210. The molecule has 0 atom stereocenters. The molecule has 0 aliphatic heterocycles. The normalized spacial score (nSPS) is 11.1. The van der Waals surface area contributed by atoms with Gasteiger partial charge in [0.15, 0.2) is 0 Å². The molecule has 0 aliphatic carbocycles. The summed E-state index contributed by atoms with van der Waals surface area (Å²) < 4.78 is 33.7. The van der Waals surface area contributed by atoms with Gasteiger partial charge in [-0.1, -0.05) is 31.2 Å². The van der Waals surface area contributed by atoms with E-state index in [0.717, 1.165) is 5.69 Å². The highest BCUT2D eigenvalue weighted by Gasteiger charge is 2.20. The first-order chi connectivity index (χ1) is 14.4. The molecule has 154 valence electrons. The maximum atomic E-state index is 12.6. The summed E-state index contributed by atoms with van der Waals surface area (Å²) in [6.45, 7) is 3.41. The molecular weight excluding hydrogens is 404 g/mol. The third-order valence-corrected chi connectivity index (χ3v) is 5.87. The Hall–Kier alpha value is -3.48. The van der Waals surface area contributed by atoms with Gasteiger partial charge in [-0.05, 0) is 37.3 Å². The minimum atomic E-state index is -3.70. The van der Waals surface area contributed by atoms with Crippen LogP contribution in [0.25, 0.3) is 5.69 Å². The van der Waals surface area contributed by atoms with E-state index in [-0.39, 0.29) is 23.6 Å². The van der Waals surface area contributed by atoms with Gasteiger partial charge in [0.2, 0.25) is 10.0 Å². The lowest BCUT2D eigenvalue weighted by Gasteiger charge is -2.10. The van der Waals surface area contributed by atoms with Crippen molar-refractivity contribution in [3.8, 4) is 11.8 Å². The Morgan fingerprint density at radius 1 is 1.20 bits per heavy atom. The zero-order valence-corrected chi connectivity index (χ0v) is 17.3. The number of aryl methyl sites for hydroxylation is 1. The van der Waals surface area contributed by atoms with E-state index in [1.54, 1.807) is 18.5 Å². The SMILES string of the molecule is CCNS(=O)(=O)c1cccc(C(=O)OCc2c(C#N)c(C)nn2-c2ccccc2)c1. The van der Waals surface area contributed by atoms with Crippen LogP contribution in [0.4, 0.5) is 0 Å². The van der Waals surface area contributed by atoms with Crippen LogP contribution >= 0.6 is 0 Å². The maximum absolute atomic E-state index is 12.6. The second kappa shape index (κ2) is 8.90. The molecule has 0 bridgehead atoms. The molecule has 1 aromatic heterocycles. The van der Waals surface area contributed by atoms with Crippen LogP contribution < -0.4 is 4.72 Å². The number of benzene rings is 2. The third-order valence-electron chi connectivity index (χ3n) is 4.32. The van der Waals surface area contributed by atoms with Gasteiger partial charge in [0, 0.05) is 6.54 Å². The van der Waals surface area contributed by atoms with Gasteiger partial charge in [0.1, 0.15) is 18.2 Å². The lowest BCUT2D eigenvalue weighted by molar-refractivity contribution is 0.0464. The number of hydrogen-bond acceptors (Lipinski definition) is 6. The standard InChI is InChI=1S/C21H20N4O4S/c1-3-23-30(27,28)18-11-7-8-16(12-18)21(26)29-14-20-19(13-22)15(2)24-25(20)17-9-5-4-6-10-17/h4-12,23H,3,14H2,1-2H3. The van der Waals surface area contributed by atoms with Crippen molar-refractivity contribution in [1.82, 2.24) is 14.5 Å². The van der Waals surface area contributed by atoms with Crippen LogP contribution in [0, 0.1) is 18.3 Å². The van der Waals surface area contributed by atoms with E-state index in [0.29, 0.717) is 17.0 Å². The number of carbonyl (C=O) groups is 1. The number of rotatable bonds is 7. The second-order valence-electron chi connectivity index (χ2n) is 6.37. The van der Waals surface area contributed by atoms with E-state index < -0.39 is 16.0 Å². The van der Waals surface area contributed by atoms with Gasteiger partial charge in [0.25, 0.3) is 0 Å². The van der Waals surface area contributed by atoms with E-state index in [9.17, 15) is 18.5 Å². The number of hydrogen-bond donors (Lipinski definition) is 1. The van der Waals surface area contributed by atoms with Crippen molar-refractivity contribution in [3.63, 3.8) is 0 Å². The van der Waals surface area contributed by atoms with Crippen molar-refractivity contribution in [2.75, 3.05) is 6.54 Å². The second-order valence-corrected chi connectivity index (χ2v) is 8.14. The van der Waals surface area contributed by atoms with Gasteiger partial charge in [-0.2, -0.15) is 10.4 Å². The van der Waals surface area contributed by atoms with Crippen molar-refractivity contribution in [2.45, 2.75) is 25.3 Å². The number of nitrogens with zero attached hydrogens (tertiary/aromatic N) is 3. The topological polar surface area (TPSA) is 114 Å². The lowest BCUT2D eigenvalue weighted by Crippen LogP contribution is -2.23. The fourth-order valence-electron chi connectivity index (χ4n) is 2.92. The van der Waals surface area contributed by atoms with Gasteiger partial charge in [-0.25, -0.2) is 22.6 Å². The van der Waals surface area contributed by atoms with E-state index in [1.165, 1.54) is 24.3 Å². The molecule has 3 aromatic rings. The Kier molecular flexibility index (Phi) is 6.30. The molecule has 1 N–H and O–H groups in total. The highest BCUT2D eigenvalue weighted by Crippen LogP contribution is 2.20. The molecule has 0 saturated carbocycles. The Morgan fingerprint density at radius 2 is 1.93 bits per heavy atom. The van der Waals surface area contributed by atoms with Crippen molar-refractivity contribution < 1.29 is 17.9 Å². The van der Waals surface area contributed by atoms with Crippen LogP contribution in [0.1, 0.15) is 34.2 Å². The molecule has 30 heavy (non-hydrogen) atoms. The minimum Gasteiger partial charge on any atom is -0.456 e. The first kappa shape index (κ1) is 21.2. The number of nitrogens with one attached hydrogen (secondary N) is 1. The number of nitriles is 1. The van der Waals surface area contributed by atoms with Gasteiger partial charge in [-0.3, -0.25) is 0 Å². The molecule has 2 aromatic carbocycles. The summed E-state index contributed by atoms with van der Waals surface area (Å²) in [5.74, 6) is -0.703. The Labute approximate surface area is 174 Å². The molecule has 0 spiro atoms. The number of aromatic nitrogens is 2. The number of sulfonamides is 1. The Balaban J connectivity index is 1.86. The number of para-hydroxylation sites is 1. The molecule has 0 aliphatic rings. The smallest absolute Gasteiger partial charge is 0.338 e. The molecule has 0 fully saturated rings. The van der Waals surface area contributed by atoms with E-state index in [1.807, 2.05) is 30.3 Å². The summed E-state index contributed by atoms with van der Waals surface area (Å²) >= 11 is 0. The molecule has 9 heteroatoms. The average molecular weight is 424 g/mol. The molecule has 0 saturated heterocycles. The largest absolute Gasteiger partial charge is 0.456 e. The average Bonchev–Trinajstić information content (AvgIpc) is 3.08. The Morgan fingerprint density at radius 3 is 2.60 bits per heavy atom. The molecule has 1 heterocycles. The van der Waals surface area contributed by atoms with Crippen LogP contribution in [0.2, 0.25) is 0 Å². The highest BCUT2D eigenvalue weighted by atomic mass is 32.2. The van der Waals surface area contributed by atoms with Crippen molar-refractivity contribution in [1.29, 1.82) is 5.26 Å². The van der Waals surface area contributed by atoms with Gasteiger partial charge >= 0.3 is 5.97 Å². The van der Waals surface area contributed by atoms with Gasteiger partial charge in [-0.15, -0.1) is 0 Å². The highest BCUT2D eigenvalue weighted by molar-refractivity contribution is 7.89. The molecule has 0 unspecified atom stereocenters. The number of ether oxygens (including phenoxy) is 1. The summed E-state index contributed by atoms with van der Waals surface area (Å²) in [6.07, 6.45) is 0. The van der Waals surface area contributed by atoms with Crippen molar-refractivity contribution in [2.24, 2.45) is 0 Å².